The summed E-state index contributed by atoms with van der Waals surface area (Å²) in [5.74, 6) is 0. The van der Waals surface area contributed by atoms with Gasteiger partial charge in [0.05, 0.1) is 11.0 Å². The summed E-state index contributed by atoms with van der Waals surface area (Å²) in [5.41, 5.74) is 14.6. The Morgan fingerprint density at radius 1 is 0.511 bits per heavy atom. The van der Waals surface area contributed by atoms with E-state index in [9.17, 15) is 0 Å². The molecule has 0 fully saturated rings. The molecule has 6 aromatic carbocycles. The van der Waals surface area contributed by atoms with Crippen LogP contribution in [-0.2, 0) is 5.41 Å². The van der Waals surface area contributed by atoms with Crippen molar-refractivity contribution in [3.8, 4) is 27.9 Å². The van der Waals surface area contributed by atoms with E-state index in [4.69, 9.17) is 0 Å². The van der Waals surface area contributed by atoms with Gasteiger partial charge >= 0.3 is 0 Å². The number of hydrogen-bond donors (Lipinski definition) is 0. The predicted octanol–water partition coefficient (Wildman–Crippen LogP) is 11.6. The molecule has 0 unspecified atom stereocenters. The Morgan fingerprint density at radius 2 is 1.15 bits per heavy atom. The zero-order chi connectivity index (χ0) is 31.5. The molecule has 0 bridgehead atoms. The molecule has 1 aliphatic carbocycles. The quantitative estimate of drug-likeness (QED) is 0.195. The second kappa shape index (κ2) is 10.6. The third kappa shape index (κ3) is 4.31. The van der Waals surface area contributed by atoms with Crippen LogP contribution >= 0.6 is 0 Å². The minimum Gasteiger partial charge on any atom is -0.310 e. The first-order valence-corrected chi connectivity index (χ1v) is 16.2. The van der Waals surface area contributed by atoms with Crippen LogP contribution < -0.4 is 4.90 Å². The number of fused-ring (bicyclic) bond motifs is 6. The first-order valence-electron chi connectivity index (χ1n) is 16.2. The summed E-state index contributed by atoms with van der Waals surface area (Å²) in [7, 11) is 0. The maximum atomic E-state index is 4.48. The van der Waals surface area contributed by atoms with E-state index in [1.807, 2.05) is 12.4 Å². The molecule has 0 saturated carbocycles. The lowest BCUT2D eigenvalue weighted by atomic mass is 9.82. The summed E-state index contributed by atoms with van der Waals surface area (Å²) < 4.78 is 2.33. The van der Waals surface area contributed by atoms with E-state index < -0.39 is 0 Å². The van der Waals surface area contributed by atoms with Crippen LogP contribution in [-0.4, -0.2) is 9.55 Å². The Kier molecular flexibility index (Phi) is 6.16. The number of pyridine rings is 1. The van der Waals surface area contributed by atoms with Crippen molar-refractivity contribution in [3.05, 3.63) is 175 Å². The standard InChI is InChI=1S/C44H33N3/c1-44(2)40-16-10-9-15-36(40)37-23-22-35(28-41(37)44)46(32-11-5-3-6-12-32)34-20-17-30(18-21-34)31-19-24-42-38(27-31)39-29-45-26-25-43(39)47(42)33-13-7-4-8-14-33/h3-29H,1-2H3. The highest BCUT2D eigenvalue weighted by Crippen LogP contribution is 2.50. The fraction of sp³-hybridized carbons (Fsp3) is 0.0682. The van der Waals surface area contributed by atoms with Crippen LogP contribution in [0.4, 0.5) is 17.1 Å². The van der Waals surface area contributed by atoms with Gasteiger partial charge < -0.3 is 9.47 Å². The Balaban J connectivity index is 1.13. The monoisotopic (exact) mass is 603 g/mol. The smallest absolute Gasteiger partial charge is 0.0571 e. The highest BCUT2D eigenvalue weighted by molar-refractivity contribution is 6.10. The number of benzene rings is 6. The van der Waals surface area contributed by atoms with Crippen LogP contribution in [0, 0.1) is 0 Å². The summed E-state index contributed by atoms with van der Waals surface area (Å²) in [5, 5.41) is 2.35. The first-order chi connectivity index (χ1) is 23.1. The topological polar surface area (TPSA) is 21.1 Å². The van der Waals surface area contributed by atoms with Gasteiger partial charge in [0.1, 0.15) is 0 Å². The third-order valence-electron chi connectivity index (χ3n) is 9.88. The summed E-state index contributed by atoms with van der Waals surface area (Å²) in [6, 6.07) is 54.9. The molecule has 3 nitrogen and oxygen atoms in total. The molecule has 8 aromatic rings. The fourth-order valence-corrected chi connectivity index (χ4v) is 7.56. The Bertz CT molecular complexity index is 2420. The molecule has 2 aromatic heterocycles. The average Bonchev–Trinajstić information content (AvgIpc) is 3.58. The van der Waals surface area contributed by atoms with Crippen molar-refractivity contribution in [1.82, 2.24) is 9.55 Å². The Labute approximate surface area is 275 Å². The maximum absolute atomic E-state index is 4.48. The van der Waals surface area contributed by atoms with Crippen molar-refractivity contribution in [2.75, 3.05) is 4.90 Å². The Hall–Kier alpha value is -5.93. The van der Waals surface area contributed by atoms with E-state index in [-0.39, 0.29) is 5.41 Å². The van der Waals surface area contributed by atoms with Crippen LogP contribution in [0.1, 0.15) is 25.0 Å². The van der Waals surface area contributed by atoms with Crippen LogP contribution in [0.25, 0.3) is 49.7 Å². The van der Waals surface area contributed by atoms with Crippen molar-refractivity contribution in [2.45, 2.75) is 19.3 Å². The molecule has 9 rings (SSSR count). The van der Waals surface area contributed by atoms with E-state index in [1.165, 1.54) is 44.3 Å². The molecule has 2 heterocycles. The first kappa shape index (κ1) is 27.4. The van der Waals surface area contributed by atoms with Crippen molar-refractivity contribution >= 4 is 38.9 Å². The highest BCUT2D eigenvalue weighted by atomic mass is 15.1. The summed E-state index contributed by atoms with van der Waals surface area (Å²) in [6.45, 7) is 4.68. The van der Waals surface area contributed by atoms with E-state index >= 15 is 0 Å². The van der Waals surface area contributed by atoms with Crippen molar-refractivity contribution in [1.29, 1.82) is 0 Å². The van der Waals surface area contributed by atoms with Gasteiger partial charge in [0.25, 0.3) is 0 Å². The van der Waals surface area contributed by atoms with Crippen molar-refractivity contribution in [2.24, 2.45) is 0 Å². The molecule has 0 spiro atoms. The molecule has 3 heteroatoms. The van der Waals surface area contributed by atoms with Gasteiger partial charge in [-0.05, 0) is 100 Å². The molecular formula is C44H33N3. The number of aromatic nitrogens is 2. The zero-order valence-corrected chi connectivity index (χ0v) is 26.4. The molecule has 47 heavy (non-hydrogen) atoms. The van der Waals surface area contributed by atoms with Crippen LogP contribution in [0.15, 0.2) is 164 Å². The van der Waals surface area contributed by atoms with Gasteiger partial charge in [0, 0.05) is 51.3 Å². The number of hydrogen-bond acceptors (Lipinski definition) is 2. The van der Waals surface area contributed by atoms with E-state index in [0.717, 1.165) is 33.7 Å². The number of anilines is 3. The molecule has 0 aliphatic heterocycles. The van der Waals surface area contributed by atoms with Gasteiger partial charge in [-0.1, -0.05) is 98.8 Å². The minimum absolute atomic E-state index is 0.0635. The summed E-state index contributed by atoms with van der Waals surface area (Å²) in [4.78, 5) is 6.85. The average molecular weight is 604 g/mol. The van der Waals surface area contributed by atoms with Crippen LogP contribution in [0.2, 0.25) is 0 Å². The molecular weight excluding hydrogens is 571 g/mol. The lowest BCUT2D eigenvalue weighted by Gasteiger charge is -2.28. The van der Waals surface area contributed by atoms with Gasteiger partial charge in [-0.15, -0.1) is 0 Å². The molecule has 0 amide bonds. The maximum Gasteiger partial charge on any atom is 0.0571 e. The zero-order valence-electron chi connectivity index (χ0n) is 26.4. The predicted molar refractivity (Wildman–Crippen MR) is 196 cm³/mol. The van der Waals surface area contributed by atoms with Gasteiger partial charge in [-0.25, -0.2) is 0 Å². The minimum atomic E-state index is -0.0635. The summed E-state index contributed by atoms with van der Waals surface area (Å²) >= 11 is 0. The van der Waals surface area contributed by atoms with E-state index in [1.54, 1.807) is 0 Å². The van der Waals surface area contributed by atoms with E-state index in [2.05, 4.69) is 180 Å². The van der Waals surface area contributed by atoms with Crippen LogP contribution in [0.3, 0.4) is 0 Å². The normalized spacial score (nSPS) is 13.1. The fourth-order valence-electron chi connectivity index (χ4n) is 7.56. The second-order valence-electron chi connectivity index (χ2n) is 12.9. The Morgan fingerprint density at radius 3 is 1.96 bits per heavy atom. The molecule has 0 atom stereocenters. The van der Waals surface area contributed by atoms with Crippen LogP contribution in [0.5, 0.6) is 0 Å². The number of para-hydroxylation sites is 2. The largest absolute Gasteiger partial charge is 0.310 e. The second-order valence-corrected chi connectivity index (χ2v) is 12.9. The lowest BCUT2D eigenvalue weighted by Crippen LogP contribution is -2.16. The molecule has 0 saturated heterocycles. The molecule has 224 valence electrons. The van der Waals surface area contributed by atoms with E-state index in [0.29, 0.717) is 0 Å². The molecule has 1 aliphatic rings. The number of rotatable bonds is 5. The highest BCUT2D eigenvalue weighted by Gasteiger charge is 2.35. The third-order valence-corrected chi connectivity index (χ3v) is 9.88. The van der Waals surface area contributed by atoms with Gasteiger partial charge in [-0.3, -0.25) is 4.98 Å². The van der Waals surface area contributed by atoms with Crippen molar-refractivity contribution in [3.63, 3.8) is 0 Å². The van der Waals surface area contributed by atoms with Gasteiger partial charge in [0.15, 0.2) is 0 Å². The summed E-state index contributed by atoms with van der Waals surface area (Å²) in [6.07, 6.45) is 3.86. The molecule has 0 radical (unpaired) electrons. The molecule has 0 N–H and O–H groups in total. The van der Waals surface area contributed by atoms with Crippen molar-refractivity contribution < 1.29 is 0 Å². The number of nitrogens with zero attached hydrogens (tertiary/aromatic N) is 3. The lowest BCUT2D eigenvalue weighted by molar-refractivity contribution is 0.660. The SMILES string of the molecule is CC1(C)c2ccccc2-c2ccc(N(c3ccccc3)c3ccc(-c4ccc5c(c4)c4cnccc4n5-c4ccccc4)cc3)cc21. The van der Waals surface area contributed by atoms with Gasteiger partial charge in [-0.2, -0.15) is 0 Å². The van der Waals surface area contributed by atoms with Gasteiger partial charge in [0.2, 0.25) is 0 Å².